The number of hydrogen-bond donors (Lipinski definition) is 1. The minimum absolute atomic E-state index is 0.189. The first-order chi connectivity index (χ1) is 7.22. The molecule has 4 heteroatoms. The van der Waals surface area contributed by atoms with E-state index in [4.69, 9.17) is 10.5 Å². The van der Waals surface area contributed by atoms with Crippen molar-refractivity contribution < 1.29 is 4.74 Å². The van der Waals surface area contributed by atoms with Crippen molar-refractivity contribution in [1.82, 2.24) is 0 Å². The molecule has 0 aliphatic carbocycles. The van der Waals surface area contributed by atoms with Crippen molar-refractivity contribution in [3.63, 3.8) is 0 Å². The Labute approximate surface area is 94.0 Å². The molecule has 82 valence electrons. The minimum Gasteiger partial charge on any atom is -0.490 e. The monoisotopic (exact) mass is 224 g/mol. The summed E-state index contributed by atoms with van der Waals surface area (Å²) in [6.07, 6.45) is 1.10. The molecule has 2 heterocycles. The zero-order valence-electron chi connectivity index (χ0n) is 9.06. The summed E-state index contributed by atoms with van der Waals surface area (Å²) >= 11 is 1.59. The average Bonchev–Trinajstić information content (AvgIpc) is 2.65. The SMILES string of the molecule is CC[C@@H](C)[C@H]1COc2ccsc2C(N)=N1. The first-order valence-corrected chi connectivity index (χ1v) is 6.14. The van der Waals surface area contributed by atoms with E-state index in [1.807, 2.05) is 11.4 Å². The predicted molar refractivity (Wildman–Crippen MR) is 63.8 cm³/mol. The summed E-state index contributed by atoms with van der Waals surface area (Å²) in [6.45, 7) is 4.99. The summed E-state index contributed by atoms with van der Waals surface area (Å²) in [5.74, 6) is 2.02. The van der Waals surface area contributed by atoms with Crippen molar-refractivity contribution in [2.75, 3.05) is 6.61 Å². The van der Waals surface area contributed by atoms with Gasteiger partial charge in [0.15, 0.2) is 0 Å². The highest BCUT2D eigenvalue weighted by Gasteiger charge is 2.22. The van der Waals surface area contributed by atoms with Gasteiger partial charge in [-0.2, -0.15) is 0 Å². The van der Waals surface area contributed by atoms with Crippen LogP contribution in [0, 0.1) is 5.92 Å². The molecular weight excluding hydrogens is 208 g/mol. The maximum atomic E-state index is 5.95. The second-order valence-electron chi connectivity index (χ2n) is 3.89. The lowest BCUT2D eigenvalue weighted by Gasteiger charge is -2.17. The quantitative estimate of drug-likeness (QED) is 0.837. The van der Waals surface area contributed by atoms with Crippen LogP contribution in [0.4, 0.5) is 0 Å². The molecule has 1 aliphatic heterocycles. The Morgan fingerprint density at radius 2 is 2.53 bits per heavy atom. The van der Waals surface area contributed by atoms with Crippen LogP contribution in [0.3, 0.4) is 0 Å². The number of ether oxygens (including phenoxy) is 1. The number of nitrogens with two attached hydrogens (primary N) is 1. The lowest BCUT2D eigenvalue weighted by Crippen LogP contribution is -2.24. The minimum atomic E-state index is 0.189. The Hall–Kier alpha value is -1.03. The number of fused-ring (bicyclic) bond motifs is 1. The highest BCUT2D eigenvalue weighted by molar-refractivity contribution is 7.12. The molecule has 0 fully saturated rings. The average molecular weight is 224 g/mol. The number of thiophene rings is 1. The van der Waals surface area contributed by atoms with Crippen LogP contribution < -0.4 is 10.5 Å². The van der Waals surface area contributed by atoms with E-state index in [0.717, 1.165) is 17.0 Å². The third-order valence-electron chi connectivity index (χ3n) is 2.88. The van der Waals surface area contributed by atoms with Gasteiger partial charge in [0.25, 0.3) is 0 Å². The topological polar surface area (TPSA) is 47.6 Å². The normalized spacial score (nSPS) is 22.3. The Balaban J connectivity index is 2.26. The highest BCUT2D eigenvalue weighted by Crippen LogP contribution is 2.28. The lowest BCUT2D eigenvalue weighted by atomic mass is 10.0. The second-order valence-corrected chi connectivity index (χ2v) is 4.81. The van der Waals surface area contributed by atoms with Crippen molar-refractivity contribution in [1.29, 1.82) is 0 Å². The molecule has 1 aromatic heterocycles. The smallest absolute Gasteiger partial charge is 0.141 e. The summed E-state index contributed by atoms with van der Waals surface area (Å²) < 4.78 is 5.71. The molecule has 0 aromatic carbocycles. The molecule has 1 aromatic rings. The lowest BCUT2D eigenvalue weighted by molar-refractivity contribution is 0.255. The first kappa shape index (κ1) is 10.5. The molecule has 0 unspecified atom stereocenters. The number of amidine groups is 1. The molecule has 3 nitrogen and oxygen atoms in total. The van der Waals surface area contributed by atoms with Gasteiger partial charge < -0.3 is 10.5 Å². The van der Waals surface area contributed by atoms with E-state index in [0.29, 0.717) is 18.4 Å². The van der Waals surface area contributed by atoms with Gasteiger partial charge in [-0.1, -0.05) is 20.3 Å². The predicted octanol–water partition coefficient (Wildman–Crippen LogP) is 2.26. The number of aliphatic imine (C=N–C) groups is 1. The van der Waals surface area contributed by atoms with E-state index in [1.165, 1.54) is 0 Å². The third-order valence-corrected chi connectivity index (χ3v) is 3.80. The van der Waals surface area contributed by atoms with Crippen molar-refractivity contribution in [2.24, 2.45) is 16.6 Å². The van der Waals surface area contributed by atoms with Gasteiger partial charge >= 0.3 is 0 Å². The first-order valence-electron chi connectivity index (χ1n) is 5.26. The van der Waals surface area contributed by atoms with Crippen molar-refractivity contribution in [2.45, 2.75) is 26.3 Å². The van der Waals surface area contributed by atoms with Crippen molar-refractivity contribution in [3.8, 4) is 5.75 Å². The Bertz CT molecular complexity index is 372. The number of rotatable bonds is 2. The van der Waals surface area contributed by atoms with Crippen molar-refractivity contribution >= 4 is 17.2 Å². The Morgan fingerprint density at radius 1 is 1.73 bits per heavy atom. The van der Waals surface area contributed by atoms with Gasteiger partial charge in [-0.15, -0.1) is 11.3 Å². The van der Waals surface area contributed by atoms with Gasteiger partial charge in [0, 0.05) is 0 Å². The summed E-state index contributed by atoms with van der Waals surface area (Å²) in [5, 5.41) is 1.98. The van der Waals surface area contributed by atoms with E-state index in [1.54, 1.807) is 11.3 Å². The molecule has 0 bridgehead atoms. The molecule has 2 atom stereocenters. The molecule has 0 spiro atoms. The van der Waals surface area contributed by atoms with Crippen LogP contribution >= 0.6 is 11.3 Å². The van der Waals surface area contributed by atoms with Crippen LogP contribution in [0.1, 0.15) is 25.1 Å². The van der Waals surface area contributed by atoms with Crippen LogP contribution in [-0.4, -0.2) is 18.5 Å². The standard InChI is InChI=1S/C11H16N2OS/c1-3-7(2)8-6-14-9-4-5-15-10(9)11(12)13-8/h4-5,7-8H,3,6H2,1-2H3,(H2,12,13)/t7-,8-/m1/s1. The molecule has 15 heavy (non-hydrogen) atoms. The van der Waals surface area contributed by atoms with Gasteiger partial charge in [-0.25, -0.2) is 0 Å². The third kappa shape index (κ3) is 2.00. The van der Waals surface area contributed by atoms with Gasteiger partial charge in [-0.3, -0.25) is 4.99 Å². The fourth-order valence-electron chi connectivity index (χ4n) is 1.61. The van der Waals surface area contributed by atoms with Gasteiger partial charge in [-0.05, 0) is 17.4 Å². The van der Waals surface area contributed by atoms with E-state index in [-0.39, 0.29) is 6.04 Å². The van der Waals surface area contributed by atoms with Gasteiger partial charge in [0.05, 0.1) is 6.04 Å². The maximum Gasteiger partial charge on any atom is 0.141 e. The van der Waals surface area contributed by atoms with Crippen LogP contribution in [0.2, 0.25) is 0 Å². The van der Waals surface area contributed by atoms with Crippen LogP contribution in [-0.2, 0) is 0 Å². The van der Waals surface area contributed by atoms with Gasteiger partial charge in [0.2, 0.25) is 0 Å². The van der Waals surface area contributed by atoms with Crippen LogP contribution in [0.25, 0.3) is 0 Å². The molecule has 1 aliphatic rings. The van der Waals surface area contributed by atoms with Crippen LogP contribution in [0.5, 0.6) is 5.75 Å². The van der Waals surface area contributed by atoms with Crippen LogP contribution in [0.15, 0.2) is 16.4 Å². The molecular formula is C11H16N2OS. The molecule has 2 N–H and O–H groups in total. The van der Waals surface area contributed by atoms with E-state index in [2.05, 4.69) is 18.8 Å². The second kappa shape index (κ2) is 4.23. The van der Waals surface area contributed by atoms with E-state index in [9.17, 15) is 0 Å². The van der Waals surface area contributed by atoms with Crippen molar-refractivity contribution in [3.05, 3.63) is 16.3 Å². The summed E-state index contributed by atoms with van der Waals surface area (Å²) in [6, 6.07) is 2.15. The molecule has 0 saturated heterocycles. The number of nitrogens with zero attached hydrogens (tertiary/aromatic N) is 1. The number of hydrogen-bond acceptors (Lipinski definition) is 4. The summed E-state index contributed by atoms with van der Waals surface area (Å²) in [4.78, 5) is 5.51. The Kier molecular flexibility index (Phi) is 2.95. The Morgan fingerprint density at radius 3 is 3.27 bits per heavy atom. The zero-order valence-corrected chi connectivity index (χ0v) is 9.88. The molecule has 0 amide bonds. The molecule has 0 radical (unpaired) electrons. The zero-order chi connectivity index (χ0) is 10.8. The molecule has 0 saturated carbocycles. The summed E-state index contributed by atoms with van der Waals surface area (Å²) in [7, 11) is 0. The fraction of sp³-hybridized carbons (Fsp3) is 0.545. The largest absolute Gasteiger partial charge is 0.490 e. The van der Waals surface area contributed by atoms with E-state index < -0.39 is 0 Å². The fourth-order valence-corrected chi connectivity index (χ4v) is 2.36. The van der Waals surface area contributed by atoms with E-state index >= 15 is 0 Å². The summed E-state index contributed by atoms with van der Waals surface area (Å²) in [5.41, 5.74) is 5.95. The maximum absolute atomic E-state index is 5.95. The highest BCUT2D eigenvalue weighted by atomic mass is 32.1. The van der Waals surface area contributed by atoms with Gasteiger partial charge in [0.1, 0.15) is 23.1 Å². The molecule has 2 rings (SSSR count).